The molecule has 5 aromatic rings. The Bertz CT molecular complexity index is 1860. The van der Waals surface area contributed by atoms with E-state index >= 15 is 0 Å². The first kappa shape index (κ1) is 30.7. The Balaban J connectivity index is 1.43. The highest BCUT2D eigenvalue weighted by atomic mass is 127. The standard InChI is InChI=1S/C33H25ClIN3O7/c1-33(45-31(41)22-15-9-4-10-16-22)26(44-30(40)21-13-7-3-8-14-21)24(18-42-29(39)20-11-5-2-6-12-20)43-32(33)38-17-23(35)25-27(34)36-19-37-28(25)38/h2-17,19,24,26,32H,18H2,1H3/t24-,26-,32-,33-/m1/s1. The number of hydrogen-bond acceptors (Lipinski definition) is 9. The summed E-state index contributed by atoms with van der Waals surface area (Å²) in [5.74, 6) is -1.95. The first-order chi connectivity index (χ1) is 21.8. The number of benzene rings is 3. The molecule has 10 nitrogen and oxygen atoms in total. The fourth-order valence-corrected chi connectivity index (χ4v) is 6.43. The lowest BCUT2D eigenvalue weighted by Crippen LogP contribution is -2.50. The minimum atomic E-state index is -1.66. The summed E-state index contributed by atoms with van der Waals surface area (Å²) in [6.07, 6.45) is -0.350. The van der Waals surface area contributed by atoms with Crippen molar-refractivity contribution in [2.45, 2.75) is 31.0 Å². The molecule has 0 N–H and O–H groups in total. The first-order valence-electron chi connectivity index (χ1n) is 13.8. The molecule has 1 aliphatic rings. The van der Waals surface area contributed by atoms with E-state index in [2.05, 4.69) is 32.6 Å². The van der Waals surface area contributed by atoms with Gasteiger partial charge in [-0.25, -0.2) is 24.4 Å². The number of fused-ring (bicyclic) bond motifs is 1. The quantitative estimate of drug-likeness (QED) is 0.0785. The third-order valence-corrected chi connectivity index (χ3v) is 8.52. The van der Waals surface area contributed by atoms with E-state index < -0.39 is 41.9 Å². The van der Waals surface area contributed by atoms with Gasteiger partial charge in [0.2, 0.25) is 0 Å². The zero-order valence-corrected chi connectivity index (χ0v) is 26.6. The van der Waals surface area contributed by atoms with Crippen LogP contribution in [0, 0.1) is 3.57 Å². The summed E-state index contributed by atoms with van der Waals surface area (Å²) in [6, 6.07) is 25.3. The van der Waals surface area contributed by atoms with Crippen LogP contribution in [0.15, 0.2) is 104 Å². The molecule has 0 aliphatic carbocycles. The Labute approximate surface area is 276 Å². The van der Waals surface area contributed by atoms with Gasteiger partial charge in [-0.3, -0.25) is 0 Å². The highest BCUT2D eigenvalue weighted by Gasteiger charge is 2.60. The molecular weight excluding hydrogens is 713 g/mol. The Morgan fingerprint density at radius 2 is 1.42 bits per heavy atom. The SMILES string of the molecule is C[C@@]1(OC(=O)c2ccccc2)[C@H](OC(=O)c2ccccc2)[C@@H](COC(=O)c2ccccc2)O[C@H]1n1cc(I)c2c(Cl)ncnc21. The summed E-state index contributed by atoms with van der Waals surface area (Å²) in [5.41, 5.74) is -0.366. The van der Waals surface area contributed by atoms with E-state index in [1.807, 2.05) is 0 Å². The van der Waals surface area contributed by atoms with E-state index in [0.717, 1.165) is 0 Å². The lowest BCUT2D eigenvalue weighted by atomic mass is 9.95. The van der Waals surface area contributed by atoms with E-state index in [9.17, 15) is 14.4 Å². The van der Waals surface area contributed by atoms with Gasteiger partial charge in [0, 0.05) is 9.77 Å². The van der Waals surface area contributed by atoms with Crippen LogP contribution in [0.4, 0.5) is 0 Å². The Morgan fingerprint density at radius 1 is 0.867 bits per heavy atom. The van der Waals surface area contributed by atoms with Crippen LogP contribution in [0.5, 0.6) is 0 Å². The largest absolute Gasteiger partial charge is 0.459 e. The van der Waals surface area contributed by atoms with Crippen LogP contribution in [-0.2, 0) is 18.9 Å². The molecule has 228 valence electrons. The number of halogens is 2. The molecule has 6 rings (SSSR count). The van der Waals surface area contributed by atoms with Crippen molar-refractivity contribution in [3.8, 4) is 0 Å². The van der Waals surface area contributed by atoms with E-state index in [1.165, 1.54) is 6.33 Å². The van der Waals surface area contributed by atoms with Gasteiger partial charge >= 0.3 is 17.9 Å². The van der Waals surface area contributed by atoms with Crippen LogP contribution < -0.4 is 0 Å². The fourth-order valence-electron chi connectivity index (χ4n) is 5.24. The van der Waals surface area contributed by atoms with Gasteiger partial charge in [-0.1, -0.05) is 66.2 Å². The van der Waals surface area contributed by atoms with Crippen molar-refractivity contribution in [3.63, 3.8) is 0 Å². The minimum Gasteiger partial charge on any atom is -0.459 e. The van der Waals surface area contributed by atoms with Crippen LogP contribution in [0.2, 0.25) is 5.15 Å². The highest BCUT2D eigenvalue weighted by Crippen LogP contribution is 2.46. The number of ether oxygens (including phenoxy) is 4. The highest BCUT2D eigenvalue weighted by molar-refractivity contribution is 14.1. The van der Waals surface area contributed by atoms with Crippen molar-refractivity contribution in [1.82, 2.24) is 14.5 Å². The molecule has 0 unspecified atom stereocenters. The third kappa shape index (κ3) is 6.15. The molecule has 0 bridgehead atoms. The van der Waals surface area contributed by atoms with Gasteiger partial charge in [-0.2, -0.15) is 0 Å². The number of carbonyl (C=O) groups excluding carboxylic acids is 3. The van der Waals surface area contributed by atoms with E-state index in [-0.39, 0.29) is 22.9 Å². The van der Waals surface area contributed by atoms with Crippen molar-refractivity contribution in [1.29, 1.82) is 0 Å². The van der Waals surface area contributed by atoms with E-state index in [4.69, 9.17) is 30.5 Å². The van der Waals surface area contributed by atoms with Gasteiger partial charge in [0.15, 0.2) is 17.9 Å². The fraction of sp³-hybridized carbons (Fsp3) is 0.182. The number of carbonyl (C=O) groups is 3. The van der Waals surface area contributed by atoms with Crippen LogP contribution in [0.25, 0.3) is 11.0 Å². The molecule has 0 amide bonds. The lowest BCUT2D eigenvalue weighted by molar-refractivity contribution is -0.108. The zero-order chi connectivity index (χ0) is 31.6. The smallest absolute Gasteiger partial charge is 0.338 e. The predicted molar refractivity (Wildman–Crippen MR) is 172 cm³/mol. The van der Waals surface area contributed by atoms with Gasteiger partial charge in [0.25, 0.3) is 0 Å². The Kier molecular flexibility index (Phi) is 8.83. The number of hydrogen-bond donors (Lipinski definition) is 0. The predicted octanol–water partition coefficient (Wildman–Crippen LogP) is 6.29. The molecule has 2 aromatic heterocycles. The summed E-state index contributed by atoms with van der Waals surface area (Å²) >= 11 is 8.54. The third-order valence-electron chi connectivity index (χ3n) is 7.42. The first-order valence-corrected chi connectivity index (χ1v) is 15.3. The Hall–Kier alpha value is -4.33. The van der Waals surface area contributed by atoms with Crippen molar-refractivity contribution < 1.29 is 33.3 Å². The normalized spacial score (nSPS) is 20.9. The molecule has 4 atom stereocenters. The minimum absolute atomic E-state index is 0.226. The van der Waals surface area contributed by atoms with Gasteiger partial charge in [0.05, 0.1) is 22.1 Å². The molecular formula is C33H25ClIN3O7. The van der Waals surface area contributed by atoms with Crippen molar-refractivity contribution >= 4 is 63.1 Å². The molecule has 0 spiro atoms. The molecule has 3 aromatic carbocycles. The number of nitrogens with zero attached hydrogens (tertiary/aromatic N) is 3. The molecule has 12 heteroatoms. The molecule has 1 aliphatic heterocycles. The molecule has 0 saturated carbocycles. The number of esters is 3. The van der Waals surface area contributed by atoms with Gasteiger partial charge in [-0.05, 0) is 65.9 Å². The second kappa shape index (κ2) is 13.0. The zero-order valence-electron chi connectivity index (χ0n) is 23.7. The summed E-state index contributed by atoms with van der Waals surface area (Å²) in [7, 11) is 0. The second-order valence-corrected chi connectivity index (χ2v) is 11.9. The van der Waals surface area contributed by atoms with Crippen LogP contribution >= 0.6 is 34.2 Å². The van der Waals surface area contributed by atoms with E-state index in [0.29, 0.717) is 20.2 Å². The van der Waals surface area contributed by atoms with Crippen LogP contribution in [0.3, 0.4) is 0 Å². The second-order valence-electron chi connectivity index (χ2n) is 10.4. The lowest BCUT2D eigenvalue weighted by Gasteiger charge is -2.35. The average molecular weight is 738 g/mol. The molecule has 45 heavy (non-hydrogen) atoms. The van der Waals surface area contributed by atoms with Crippen molar-refractivity contribution in [2.24, 2.45) is 0 Å². The molecule has 1 saturated heterocycles. The maximum atomic E-state index is 13.6. The van der Waals surface area contributed by atoms with E-state index in [1.54, 1.807) is 109 Å². The Morgan fingerprint density at radius 3 is 2.02 bits per heavy atom. The summed E-state index contributed by atoms with van der Waals surface area (Å²) in [6.45, 7) is 1.30. The maximum Gasteiger partial charge on any atom is 0.338 e. The maximum absolute atomic E-state index is 13.6. The van der Waals surface area contributed by atoms with Gasteiger partial charge < -0.3 is 23.5 Å². The number of aromatic nitrogens is 3. The molecule has 1 fully saturated rings. The summed E-state index contributed by atoms with van der Waals surface area (Å²) in [4.78, 5) is 48.5. The average Bonchev–Trinajstić information content (AvgIpc) is 3.54. The topological polar surface area (TPSA) is 119 Å². The van der Waals surface area contributed by atoms with Crippen LogP contribution in [-0.4, -0.2) is 56.9 Å². The summed E-state index contributed by atoms with van der Waals surface area (Å²) in [5, 5.41) is 0.793. The monoisotopic (exact) mass is 737 g/mol. The summed E-state index contributed by atoms with van der Waals surface area (Å²) < 4.78 is 26.9. The van der Waals surface area contributed by atoms with Gasteiger partial charge in [-0.15, -0.1) is 0 Å². The molecule has 0 radical (unpaired) electrons. The van der Waals surface area contributed by atoms with Crippen molar-refractivity contribution in [3.05, 3.63) is 129 Å². The van der Waals surface area contributed by atoms with Gasteiger partial charge in [0.1, 0.15) is 29.8 Å². The number of rotatable bonds is 8. The van der Waals surface area contributed by atoms with Crippen LogP contribution in [0.1, 0.15) is 44.2 Å². The van der Waals surface area contributed by atoms with Crippen molar-refractivity contribution in [2.75, 3.05) is 6.61 Å². The molecule has 3 heterocycles.